The maximum Gasteiger partial charge on any atom is 0.317 e. The lowest BCUT2D eigenvalue weighted by Crippen LogP contribution is -2.36. The summed E-state index contributed by atoms with van der Waals surface area (Å²) in [6.45, 7) is 4.80. The fraction of sp³-hybridized carbons (Fsp3) is 0.500. The third-order valence-electron chi connectivity index (χ3n) is 5.09. The summed E-state index contributed by atoms with van der Waals surface area (Å²) in [5.74, 6) is 0.778. The van der Waals surface area contributed by atoms with Crippen LogP contribution in [0.3, 0.4) is 0 Å². The fourth-order valence-electron chi connectivity index (χ4n) is 3.57. The zero-order valence-electron chi connectivity index (χ0n) is 15.5. The van der Waals surface area contributed by atoms with Gasteiger partial charge in [-0.15, -0.1) is 0 Å². The number of rotatable bonds is 6. The highest BCUT2D eigenvalue weighted by Gasteiger charge is 2.23. The number of likely N-dealkylation sites (N-methyl/N-ethyl adjacent to an activating group) is 1. The Balaban J connectivity index is 1.61. The molecule has 0 spiro atoms. The number of aliphatic carboxylic acids is 1. The van der Waals surface area contributed by atoms with Crippen LogP contribution in [0.1, 0.15) is 30.7 Å². The Morgan fingerprint density at radius 1 is 1.31 bits per heavy atom. The van der Waals surface area contributed by atoms with Gasteiger partial charge in [0.15, 0.2) is 0 Å². The predicted octanol–water partition coefficient (Wildman–Crippen LogP) is 3.02. The number of carboxylic acids is 1. The fourth-order valence-corrected chi connectivity index (χ4v) is 3.57. The van der Waals surface area contributed by atoms with E-state index in [9.17, 15) is 4.79 Å². The monoisotopic (exact) mass is 357 g/mol. The van der Waals surface area contributed by atoms with Gasteiger partial charge >= 0.3 is 5.97 Å². The molecule has 1 aromatic heterocycles. The molecule has 6 nitrogen and oxygen atoms in total. The first-order valence-corrected chi connectivity index (χ1v) is 9.19. The molecule has 1 aliphatic heterocycles. The lowest BCUT2D eigenvalue weighted by molar-refractivity contribution is -0.138. The molecule has 1 N–H and O–H groups in total. The quantitative estimate of drug-likeness (QED) is 0.857. The van der Waals surface area contributed by atoms with Gasteiger partial charge in [-0.3, -0.25) is 14.6 Å². The number of nitrogens with zero attached hydrogens (tertiary/aromatic N) is 3. The number of benzene rings is 1. The van der Waals surface area contributed by atoms with Crippen LogP contribution < -0.4 is 0 Å². The smallest absolute Gasteiger partial charge is 0.317 e. The zero-order chi connectivity index (χ0) is 18.5. The molecule has 26 heavy (non-hydrogen) atoms. The number of carbonyl (C=O) groups is 1. The van der Waals surface area contributed by atoms with Crippen molar-refractivity contribution in [2.45, 2.75) is 38.8 Å². The van der Waals surface area contributed by atoms with E-state index in [-0.39, 0.29) is 6.54 Å². The first-order valence-electron chi connectivity index (χ1n) is 9.19. The summed E-state index contributed by atoms with van der Waals surface area (Å²) in [6.07, 6.45) is 3.08. The minimum atomic E-state index is -0.764. The Morgan fingerprint density at radius 2 is 2.08 bits per heavy atom. The highest BCUT2D eigenvalue weighted by atomic mass is 16.4. The number of hydrogen-bond donors (Lipinski definition) is 1. The topological polar surface area (TPSA) is 69.8 Å². The molecule has 1 fully saturated rings. The van der Waals surface area contributed by atoms with E-state index in [0.29, 0.717) is 11.9 Å². The second-order valence-corrected chi connectivity index (χ2v) is 7.06. The Labute approximate surface area is 154 Å². The van der Waals surface area contributed by atoms with E-state index >= 15 is 0 Å². The molecular weight excluding hydrogens is 330 g/mol. The van der Waals surface area contributed by atoms with Crippen LogP contribution in [0.2, 0.25) is 0 Å². The van der Waals surface area contributed by atoms with E-state index < -0.39 is 5.97 Å². The maximum absolute atomic E-state index is 10.9. The van der Waals surface area contributed by atoms with Crippen molar-refractivity contribution in [1.29, 1.82) is 0 Å². The number of oxazole rings is 1. The molecule has 0 bridgehead atoms. The molecule has 2 aromatic rings. The van der Waals surface area contributed by atoms with Crippen molar-refractivity contribution in [2.24, 2.45) is 0 Å². The summed E-state index contributed by atoms with van der Waals surface area (Å²) in [7, 11) is 1.91. The van der Waals surface area contributed by atoms with E-state index in [1.165, 1.54) is 0 Å². The first-order chi connectivity index (χ1) is 12.5. The van der Waals surface area contributed by atoms with Gasteiger partial charge in [-0.05, 0) is 51.9 Å². The molecule has 0 radical (unpaired) electrons. The summed E-state index contributed by atoms with van der Waals surface area (Å²) in [6, 6.07) is 10.3. The van der Waals surface area contributed by atoms with Crippen molar-refractivity contribution in [3.63, 3.8) is 0 Å². The molecule has 1 aromatic carbocycles. The Bertz CT molecular complexity index is 729. The Morgan fingerprint density at radius 3 is 2.81 bits per heavy atom. The lowest BCUT2D eigenvalue weighted by Gasteiger charge is -2.25. The highest BCUT2D eigenvalue weighted by molar-refractivity contribution is 5.69. The normalized spacial score (nSPS) is 18.8. The van der Waals surface area contributed by atoms with Crippen molar-refractivity contribution in [2.75, 3.05) is 26.7 Å². The van der Waals surface area contributed by atoms with Crippen LogP contribution in [0, 0.1) is 6.92 Å². The van der Waals surface area contributed by atoms with Crippen molar-refractivity contribution in [3.8, 4) is 11.5 Å². The van der Waals surface area contributed by atoms with E-state index in [1.54, 1.807) is 0 Å². The van der Waals surface area contributed by atoms with Crippen LogP contribution in [0.4, 0.5) is 0 Å². The molecule has 1 saturated heterocycles. The standard InChI is InChI=1S/C20H27N3O3/c1-15-18(21-20(26-15)16-7-4-3-5-8-16)13-23-11-6-9-17(10-12-23)22(2)14-19(24)25/h3-5,7-8,17H,6,9-14H2,1-2H3,(H,24,25). The van der Waals surface area contributed by atoms with Gasteiger partial charge in [0.05, 0.1) is 12.2 Å². The van der Waals surface area contributed by atoms with Gasteiger partial charge in [0.25, 0.3) is 0 Å². The number of likely N-dealkylation sites (tertiary alicyclic amines) is 1. The average molecular weight is 357 g/mol. The van der Waals surface area contributed by atoms with Crippen molar-refractivity contribution in [1.82, 2.24) is 14.8 Å². The SMILES string of the molecule is Cc1oc(-c2ccccc2)nc1CN1CCCC(N(C)CC(=O)O)CC1. The summed E-state index contributed by atoms with van der Waals surface area (Å²) in [4.78, 5) is 20.0. The van der Waals surface area contributed by atoms with Gasteiger partial charge < -0.3 is 9.52 Å². The van der Waals surface area contributed by atoms with Gasteiger partial charge in [0.1, 0.15) is 5.76 Å². The van der Waals surface area contributed by atoms with E-state index in [2.05, 4.69) is 4.90 Å². The Kier molecular flexibility index (Phi) is 6.06. The van der Waals surface area contributed by atoms with Crippen molar-refractivity contribution < 1.29 is 14.3 Å². The van der Waals surface area contributed by atoms with Crippen LogP contribution in [-0.4, -0.2) is 58.6 Å². The number of carboxylic acid groups (broad SMARTS) is 1. The molecule has 0 aliphatic carbocycles. The van der Waals surface area contributed by atoms with E-state index in [0.717, 1.165) is 55.9 Å². The van der Waals surface area contributed by atoms with Gasteiger partial charge in [-0.25, -0.2) is 4.98 Å². The van der Waals surface area contributed by atoms with Gasteiger partial charge in [-0.1, -0.05) is 18.2 Å². The molecule has 0 saturated carbocycles. The number of aromatic nitrogens is 1. The average Bonchev–Trinajstić information content (AvgIpc) is 2.82. The van der Waals surface area contributed by atoms with Gasteiger partial charge in [0, 0.05) is 24.7 Å². The predicted molar refractivity (Wildman–Crippen MR) is 99.9 cm³/mol. The third kappa shape index (κ3) is 4.71. The summed E-state index contributed by atoms with van der Waals surface area (Å²) < 4.78 is 5.87. The lowest BCUT2D eigenvalue weighted by atomic mass is 10.1. The molecule has 3 rings (SSSR count). The van der Waals surface area contributed by atoms with Gasteiger partial charge in [0.2, 0.25) is 5.89 Å². The minimum absolute atomic E-state index is 0.105. The van der Waals surface area contributed by atoms with Crippen molar-refractivity contribution >= 4 is 5.97 Å². The molecule has 140 valence electrons. The molecule has 0 amide bonds. The van der Waals surface area contributed by atoms with Crippen LogP contribution in [0.25, 0.3) is 11.5 Å². The van der Waals surface area contributed by atoms with Crippen LogP contribution >= 0.6 is 0 Å². The second-order valence-electron chi connectivity index (χ2n) is 7.06. The van der Waals surface area contributed by atoms with Crippen molar-refractivity contribution in [3.05, 3.63) is 41.8 Å². The second kappa shape index (κ2) is 8.47. The number of aryl methyl sites for hydroxylation is 1. The zero-order valence-corrected chi connectivity index (χ0v) is 15.5. The van der Waals surface area contributed by atoms with Crippen LogP contribution in [0.15, 0.2) is 34.7 Å². The maximum atomic E-state index is 10.9. The molecule has 1 atom stereocenters. The molecule has 1 aliphatic rings. The third-order valence-corrected chi connectivity index (χ3v) is 5.09. The molecule has 1 unspecified atom stereocenters. The summed E-state index contributed by atoms with van der Waals surface area (Å²) in [5.41, 5.74) is 1.98. The summed E-state index contributed by atoms with van der Waals surface area (Å²) >= 11 is 0. The van der Waals surface area contributed by atoms with E-state index in [1.807, 2.05) is 49.2 Å². The van der Waals surface area contributed by atoms with Crippen LogP contribution in [-0.2, 0) is 11.3 Å². The molecule has 2 heterocycles. The largest absolute Gasteiger partial charge is 0.480 e. The summed E-state index contributed by atoms with van der Waals surface area (Å²) in [5, 5.41) is 8.99. The Hall–Kier alpha value is -2.18. The minimum Gasteiger partial charge on any atom is -0.480 e. The van der Waals surface area contributed by atoms with Crippen LogP contribution in [0.5, 0.6) is 0 Å². The van der Waals surface area contributed by atoms with Gasteiger partial charge in [-0.2, -0.15) is 0 Å². The molecule has 6 heteroatoms. The number of hydrogen-bond acceptors (Lipinski definition) is 5. The van der Waals surface area contributed by atoms with E-state index in [4.69, 9.17) is 14.5 Å². The first kappa shape index (κ1) is 18.6. The highest BCUT2D eigenvalue weighted by Crippen LogP contribution is 2.23. The molecular formula is C20H27N3O3.